The smallest absolute Gasteiger partial charge is 0.178 e. The second kappa shape index (κ2) is 4.34. The predicted molar refractivity (Wildman–Crippen MR) is 73.0 cm³/mol. The molecule has 1 atom stereocenters. The van der Waals surface area contributed by atoms with E-state index >= 15 is 0 Å². The number of rotatable bonds is 2. The number of aromatic nitrogens is 4. The van der Waals surface area contributed by atoms with Crippen LogP contribution in [0.1, 0.15) is 18.5 Å². The minimum Gasteiger partial charge on any atom is -0.329 e. The van der Waals surface area contributed by atoms with Gasteiger partial charge in [-0.1, -0.05) is 6.07 Å². The van der Waals surface area contributed by atoms with Gasteiger partial charge in [0.2, 0.25) is 0 Å². The van der Waals surface area contributed by atoms with E-state index in [9.17, 15) is 0 Å². The fourth-order valence-electron chi connectivity index (χ4n) is 2.14. The van der Waals surface area contributed by atoms with Gasteiger partial charge in [0.05, 0.1) is 23.3 Å². The summed E-state index contributed by atoms with van der Waals surface area (Å²) >= 11 is 5.39. The van der Waals surface area contributed by atoms with E-state index in [4.69, 9.17) is 12.2 Å². The van der Waals surface area contributed by atoms with Gasteiger partial charge in [0.25, 0.3) is 0 Å². The molecule has 1 N–H and O–H groups in total. The summed E-state index contributed by atoms with van der Waals surface area (Å²) in [4.78, 5) is 11.4. The van der Waals surface area contributed by atoms with Crippen molar-refractivity contribution in [2.75, 3.05) is 0 Å². The second-order valence-electron chi connectivity index (χ2n) is 4.16. The van der Waals surface area contributed by atoms with Crippen LogP contribution in [0, 0.1) is 4.77 Å². The van der Waals surface area contributed by atoms with Crippen LogP contribution in [0.2, 0.25) is 0 Å². The van der Waals surface area contributed by atoms with Crippen molar-refractivity contribution in [1.29, 1.82) is 0 Å². The lowest BCUT2D eigenvalue weighted by molar-refractivity contribution is 0.646. The fourth-order valence-corrected chi connectivity index (χ4v) is 2.50. The van der Waals surface area contributed by atoms with Crippen LogP contribution in [0.5, 0.6) is 0 Å². The maximum Gasteiger partial charge on any atom is 0.178 e. The molecule has 0 aromatic carbocycles. The highest BCUT2D eigenvalue weighted by Crippen LogP contribution is 2.23. The van der Waals surface area contributed by atoms with Crippen LogP contribution in [-0.4, -0.2) is 19.5 Å². The first-order valence-corrected chi connectivity index (χ1v) is 6.12. The Morgan fingerprint density at radius 1 is 1.22 bits per heavy atom. The highest BCUT2D eigenvalue weighted by Gasteiger charge is 2.12. The Hall–Kier alpha value is -2.01. The molecule has 0 aliphatic rings. The molecule has 3 aromatic rings. The molecule has 3 aromatic heterocycles. The quantitative estimate of drug-likeness (QED) is 0.717. The Kier molecular flexibility index (Phi) is 2.68. The molecule has 90 valence electrons. The first kappa shape index (κ1) is 11.1. The zero-order valence-corrected chi connectivity index (χ0v) is 10.7. The predicted octanol–water partition coefficient (Wildman–Crippen LogP) is 3.10. The molecule has 0 saturated heterocycles. The summed E-state index contributed by atoms with van der Waals surface area (Å²) in [6.45, 7) is 2.11. The van der Waals surface area contributed by atoms with Gasteiger partial charge in [-0.05, 0) is 36.8 Å². The average Bonchev–Trinajstić information content (AvgIpc) is 2.75. The summed E-state index contributed by atoms with van der Waals surface area (Å²) in [7, 11) is 0. The van der Waals surface area contributed by atoms with Gasteiger partial charge in [-0.3, -0.25) is 9.97 Å². The van der Waals surface area contributed by atoms with Crippen molar-refractivity contribution in [1.82, 2.24) is 19.5 Å². The van der Waals surface area contributed by atoms with Gasteiger partial charge < -0.3 is 9.55 Å². The average molecular weight is 256 g/mol. The number of aromatic amines is 1. The molecule has 0 aliphatic carbocycles. The molecule has 0 spiro atoms. The number of hydrogen-bond acceptors (Lipinski definition) is 3. The van der Waals surface area contributed by atoms with Gasteiger partial charge in [0.1, 0.15) is 0 Å². The summed E-state index contributed by atoms with van der Waals surface area (Å²) < 4.78 is 2.79. The highest BCUT2D eigenvalue weighted by atomic mass is 32.1. The summed E-state index contributed by atoms with van der Waals surface area (Å²) in [5, 5.41) is 0. The molecule has 5 heteroatoms. The van der Waals surface area contributed by atoms with Crippen molar-refractivity contribution in [3.8, 4) is 0 Å². The van der Waals surface area contributed by atoms with Gasteiger partial charge in [0.15, 0.2) is 4.77 Å². The van der Waals surface area contributed by atoms with Crippen molar-refractivity contribution in [2.45, 2.75) is 13.0 Å². The van der Waals surface area contributed by atoms with E-state index in [1.54, 1.807) is 18.6 Å². The molecule has 3 heterocycles. The Morgan fingerprint density at radius 3 is 2.83 bits per heavy atom. The monoisotopic (exact) mass is 256 g/mol. The van der Waals surface area contributed by atoms with Gasteiger partial charge >= 0.3 is 0 Å². The van der Waals surface area contributed by atoms with Crippen molar-refractivity contribution in [3.63, 3.8) is 0 Å². The van der Waals surface area contributed by atoms with Crippen LogP contribution >= 0.6 is 12.2 Å². The third-order valence-electron chi connectivity index (χ3n) is 3.07. The number of nitrogens with zero attached hydrogens (tertiary/aromatic N) is 3. The van der Waals surface area contributed by atoms with Crippen molar-refractivity contribution in [3.05, 3.63) is 53.3 Å². The minimum absolute atomic E-state index is 0.141. The number of pyridine rings is 2. The Labute approximate surface area is 109 Å². The van der Waals surface area contributed by atoms with Crippen LogP contribution < -0.4 is 0 Å². The van der Waals surface area contributed by atoms with E-state index in [-0.39, 0.29) is 6.04 Å². The molecule has 0 aliphatic heterocycles. The molecule has 0 radical (unpaired) electrons. The first-order chi connectivity index (χ1) is 8.77. The Bertz CT molecular complexity index is 729. The second-order valence-corrected chi connectivity index (χ2v) is 4.54. The largest absolute Gasteiger partial charge is 0.329 e. The molecule has 3 rings (SSSR count). The summed E-state index contributed by atoms with van der Waals surface area (Å²) in [5.74, 6) is 0. The third-order valence-corrected chi connectivity index (χ3v) is 3.37. The van der Waals surface area contributed by atoms with Gasteiger partial charge in [0, 0.05) is 18.6 Å². The van der Waals surface area contributed by atoms with Gasteiger partial charge in [-0.15, -0.1) is 0 Å². The molecule has 0 bridgehead atoms. The van der Waals surface area contributed by atoms with Gasteiger partial charge in [-0.25, -0.2) is 0 Å². The fraction of sp³-hybridized carbons (Fsp3) is 0.154. The molecular weight excluding hydrogens is 244 g/mol. The van der Waals surface area contributed by atoms with Crippen molar-refractivity contribution in [2.24, 2.45) is 0 Å². The lowest BCUT2D eigenvalue weighted by Gasteiger charge is -2.14. The van der Waals surface area contributed by atoms with Crippen LogP contribution in [0.4, 0.5) is 0 Å². The number of nitrogens with one attached hydrogen (secondary N) is 1. The SMILES string of the molecule is CC(c1cccnc1)n1c(=S)[nH]c2cnccc21. The molecular formula is C13H12N4S. The van der Waals surface area contributed by atoms with Crippen LogP contribution in [0.15, 0.2) is 43.0 Å². The molecule has 18 heavy (non-hydrogen) atoms. The summed E-state index contributed by atoms with van der Waals surface area (Å²) in [6.07, 6.45) is 7.20. The molecule has 1 unspecified atom stereocenters. The maximum atomic E-state index is 5.39. The van der Waals surface area contributed by atoms with E-state index in [1.807, 2.05) is 18.3 Å². The third kappa shape index (κ3) is 1.73. The molecule has 4 nitrogen and oxygen atoms in total. The number of imidazole rings is 1. The van der Waals surface area contributed by atoms with Crippen LogP contribution in [0.3, 0.4) is 0 Å². The molecule has 0 amide bonds. The molecule has 0 saturated carbocycles. The van der Waals surface area contributed by atoms with Crippen molar-refractivity contribution >= 4 is 23.3 Å². The lowest BCUT2D eigenvalue weighted by atomic mass is 10.1. The summed E-state index contributed by atoms with van der Waals surface area (Å²) in [5.41, 5.74) is 3.15. The van der Waals surface area contributed by atoms with E-state index in [0.29, 0.717) is 4.77 Å². The Balaban J connectivity index is 2.20. The van der Waals surface area contributed by atoms with Crippen LogP contribution in [0.25, 0.3) is 11.0 Å². The number of H-pyrrole nitrogens is 1. The molecule has 0 fully saturated rings. The van der Waals surface area contributed by atoms with E-state index in [0.717, 1.165) is 16.6 Å². The Morgan fingerprint density at radius 2 is 2.06 bits per heavy atom. The first-order valence-electron chi connectivity index (χ1n) is 5.71. The highest BCUT2D eigenvalue weighted by molar-refractivity contribution is 7.71. The standard InChI is InChI=1S/C13H12N4S/c1-9(10-3-2-5-14-7-10)17-12-4-6-15-8-11(12)16-13(17)18/h2-9H,1H3,(H,16,18). The van der Waals surface area contributed by atoms with E-state index < -0.39 is 0 Å². The summed E-state index contributed by atoms with van der Waals surface area (Å²) in [6, 6.07) is 6.10. The van der Waals surface area contributed by atoms with Crippen molar-refractivity contribution < 1.29 is 0 Å². The lowest BCUT2D eigenvalue weighted by Crippen LogP contribution is -2.06. The zero-order chi connectivity index (χ0) is 12.5. The minimum atomic E-state index is 0.141. The number of fused-ring (bicyclic) bond motifs is 1. The van der Waals surface area contributed by atoms with Gasteiger partial charge in [-0.2, -0.15) is 0 Å². The van der Waals surface area contributed by atoms with E-state index in [2.05, 4.69) is 32.5 Å². The normalized spacial score (nSPS) is 12.7. The topological polar surface area (TPSA) is 46.5 Å². The maximum absolute atomic E-state index is 5.39. The number of hydrogen-bond donors (Lipinski definition) is 1. The van der Waals surface area contributed by atoms with Crippen LogP contribution in [-0.2, 0) is 0 Å². The zero-order valence-electron chi connectivity index (χ0n) is 9.87. The van der Waals surface area contributed by atoms with E-state index in [1.165, 1.54) is 0 Å².